The Morgan fingerprint density at radius 2 is 2.54 bits per heavy atom. The molecule has 0 amide bonds. The van der Waals surface area contributed by atoms with Crippen molar-refractivity contribution < 1.29 is 4.74 Å². The van der Waals surface area contributed by atoms with Crippen LogP contribution in [0.5, 0.6) is 0 Å². The fourth-order valence-electron chi connectivity index (χ4n) is 2.08. The second-order valence-corrected chi connectivity index (χ2v) is 4.13. The van der Waals surface area contributed by atoms with Gasteiger partial charge in [0.25, 0.3) is 0 Å². The van der Waals surface area contributed by atoms with Gasteiger partial charge in [0.2, 0.25) is 0 Å². The molecule has 0 radical (unpaired) electrons. The molecule has 1 aliphatic heterocycles. The minimum Gasteiger partial charge on any atom is -0.377 e. The molecule has 1 heterocycles. The molecule has 0 unspecified atom stereocenters. The van der Waals surface area contributed by atoms with Crippen LogP contribution in [0.4, 0.5) is 0 Å². The van der Waals surface area contributed by atoms with Crippen LogP contribution in [0.15, 0.2) is 11.6 Å². The summed E-state index contributed by atoms with van der Waals surface area (Å²) in [6, 6.07) is 0. The monoisotopic (exact) mass is 181 g/mol. The van der Waals surface area contributed by atoms with Gasteiger partial charge in [-0.05, 0) is 43.7 Å². The van der Waals surface area contributed by atoms with E-state index in [1.807, 2.05) is 0 Å². The number of rotatable bonds is 4. The average Bonchev–Trinajstić information content (AvgIpc) is 2.75. The Morgan fingerprint density at radius 1 is 1.54 bits per heavy atom. The molecule has 2 heteroatoms. The van der Waals surface area contributed by atoms with Crippen LogP contribution in [0.1, 0.15) is 25.7 Å². The van der Waals surface area contributed by atoms with Gasteiger partial charge in [-0.1, -0.05) is 6.08 Å². The first-order valence-electron chi connectivity index (χ1n) is 5.41. The molecular formula is C11H19NO. The zero-order valence-corrected chi connectivity index (χ0v) is 8.22. The maximum absolute atomic E-state index is 5.69. The van der Waals surface area contributed by atoms with E-state index in [-0.39, 0.29) is 0 Å². The van der Waals surface area contributed by atoms with E-state index < -0.39 is 0 Å². The topological polar surface area (TPSA) is 21.3 Å². The van der Waals surface area contributed by atoms with Crippen LogP contribution in [0.2, 0.25) is 0 Å². The summed E-state index contributed by atoms with van der Waals surface area (Å²) < 4.78 is 5.69. The number of hydrogen-bond donors (Lipinski definition) is 1. The van der Waals surface area contributed by atoms with Crippen LogP contribution < -0.4 is 5.32 Å². The fraction of sp³-hybridized carbons (Fsp3) is 0.818. The Hall–Kier alpha value is -0.340. The minimum absolute atomic E-state index is 0.766. The molecule has 0 bridgehead atoms. The van der Waals surface area contributed by atoms with Gasteiger partial charge in [0.1, 0.15) is 0 Å². The molecule has 0 aromatic carbocycles. The number of ether oxygens (including phenoxy) is 1. The molecule has 1 fully saturated rings. The summed E-state index contributed by atoms with van der Waals surface area (Å²) in [4.78, 5) is 0. The lowest BCUT2D eigenvalue weighted by Gasteiger charge is -2.09. The molecule has 0 aromatic heterocycles. The standard InChI is InChI=1S/C11H19NO/c1-2-4-10(3-1)8-13-9-11-5-6-12-7-11/h3,11-12H,1-2,4-9H2/t11-/m0/s1. The van der Waals surface area contributed by atoms with Crippen LogP contribution in [0.25, 0.3) is 0 Å². The van der Waals surface area contributed by atoms with Crippen LogP contribution in [0.3, 0.4) is 0 Å². The van der Waals surface area contributed by atoms with Gasteiger partial charge in [0.05, 0.1) is 13.2 Å². The number of hydrogen-bond acceptors (Lipinski definition) is 2. The lowest BCUT2D eigenvalue weighted by atomic mass is 10.1. The van der Waals surface area contributed by atoms with Gasteiger partial charge >= 0.3 is 0 Å². The second-order valence-electron chi connectivity index (χ2n) is 4.13. The van der Waals surface area contributed by atoms with E-state index in [4.69, 9.17) is 4.74 Å². The number of allylic oxidation sites excluding steroid dienone is 1. The molecule has 2 nitrogen and oxygen atoms in total. The molecule has 0 aromatic rings. The Balaban J connectivity index is 1.57. The Labute approximate surface area is 80.4 Å². The van der Waals surface area contributed by atoms with E-state index in [2.05, 4.69) is 11.4 Å². The van der Waals surface area contributed by atoms with Gasteiger partial charge in [-0.25, -0.2) is 0 Å². The smallest absolute Gasteiger partial charge is 0.0676 e. The highest BCUT2D eigenvalue weighted by atomic mass is 16.5. The van der Waals surface area contributed by atoms with Crippen LogP contribution in [-0.2, 0) is 4.74 Å². The normalized spacial score (nSPS) is 28.0. The zero-order chi connectivity index (χ0) is 8.93. The van der Waals surface area contributed by atoms with Crippen LogP contribution in [0, 0.1) is 5.92 Å². The van der Waals surface area contributed by atoms with Gasteiger partial charge in [0.15, 0.2) is 0 Å². The molecule has 2 aliphatic rings. The molecule has 0 spiro atoms. The lowest BCUT2D eigenvalue weighted by molar-refractivity contribution is 0.123. The average molecular weight is 181 g/mol. The molecule has 1 aliphatic carbocycles. The maximum atomic E-state index is 5.69. The van der Waals surface area contributed by atoms with E-state index in [0.29, 0.717) is 0 Å². The molecule has 1 saturated heterocycles. The minimum atomic E-state index is 0.766. The van der Waals surface area contributed by atoms with Crippen molar-refractivity contribution in [3.8, 4) is 0 Å². The highest BCUT2D eigenvalue weighted by Gasteiger charge is 2.14. The summed E-state index contributed by atoms with van der Waals surface area (Å²) in [7, 11) is 0. The third-order valence-electron chi connectivity index (χ3n) is 2.94. The lowest BCUT2D eigenvalue weighted by Crippen LogP contribution is -2.14. The van der Waals surface area contributed by atoms with E-state index in [1.54, 1.807) is 0 Å². The summed E-state index contributed by atoms with van der Waals surface area (Å²) in [5, 5.41) is 3.36. The first-order valence-corrected chi connectivity index (χ1v) is 5.41. The largest absolute Gasteiger partial charge is 0.377 e. The molecule has 1 atom stereocenters. The van der Waals surface area contributed by atoms with E-state index in [0.717, 1.165) is 25.7 Å². The van der Waals surface area contributed by atoms with Crippen molar-refractivity contribution in [1.82, 2.24) is 5.32 Å². The molecule has 74 valence electrons. The first-order chi connectivity index (χ1) is 6.45. The van der Waals surface area contributed by atoms with Crippen molar-refractivity contribution in [3.63, 3.8) is 0 Å². The van der Waals surface area contributed by atoms with E-state index >= 15 is 0 Å². The Kier molecular flexibility index (Phi) is 3.39. The summed E-state index contributed by atoms with van der Waals surface area (Å²) in [5.74, 6) is 0.766. The van der Waals surface area contributed by atoms with Crippen LogP contribution >= 0.6 is 0 Å². The Morgan fingerprint density at radius 3 is 3.23 bits per heavy atom. The van der Waals surface area contributed by atoms with Crippen molar-refractivity contribution in [1.29, 1.82) is 0 Å². The highest BCUT2D eigenvalue weighted by Crippen LogP contribution is 2.18. The first kappa shape index (κ1) is 9.22. The maximum Gasteiger partial charge on any atom is 0.0676 e. The number of nitrogens with one attached hydrogen (secondary N) is 1. The third-order valence-corrected chi connectivity index (χ3v) is 2.94. The van der Waals surface area contributed by atoms with Crippen molar-refractivity contribution in [2.45, 2.75) is 25.7 Å². The summed E-state index contributed by atoms with van der Waals surface area (Å²) >= 11 is 0. The van der Waals surface area contributed by atoms with E-state index in [1.165, 1.54) is 37.8 Å². The van der Waals surface area contributed by atoms with Gasteiger partial charge in [-0.3, -0.25) is 0 Å². The quantitative estimate of drug-likeness (QED) is 0.667. The Bertz CT molecular complexity index is 183. The van der Waals surface area contributed by atoms with Crippen LogP contribution in [-0.4, -0.2) is 26.3 Å². The van der Waals surface area contributed by atoms with Crippen molar-refractivity contribution in [2.24, 2.45) is 5.92 Å². The summed E-state index contributed by atoms with van der Waals surface area (Å²) in [5.41, 5.74) is 1.52. The highest BCUT2D eigenvalue weighted by molar-refractivity contribution is 5.07. The summed E-state index contributed by atoms with van der Waals surface area (Å²) in [6.07, 6.45) is 7.50. The van der Waals surface area contributed by atoms with Gasteiger partial charge in [-0.2, -0.15) is 0 Å². The van der Waals surface area contributed by atoms with E-state index in [9.17, 15) is 0 Å². The molecule has 0 saturated carbocycles. The van der Waals surface area contributed by atoms with Gasteiger partial charge in [0, 0.05) is 6.54 Å². The third kappa shape index (κ3) is 2.82. The van der Waals surface area contributed by atoms with Crippen molar-refractivity contribution in [3.05, 3.63) is 11.6 Å². The fourth-order valence-corrected chi connectivity index (χ4v) is 2.08. The summed E-state index contributed by atoms with van der Waals surface area (Å²) in [6.45, 7) is 4.16. The molecular weight excluding hydrogens is 162 g/mol. The molecule has 2 rings (SSSR count). The predicted molar refractivity (Wildman–Crippen MR) is 53.7 cm³/mol. The zero-order valence-electron chi connectivity index (χ0n) is 8.22. The SMILES string of the molecule is C1=C(COC[C@H]2CCNC2)CCC1. The van der Waals surface area contributed by atoms with Gasteiger partial charge < -0.3 is 10.1 Å². The molecule has 13 heavy (non-hydrogen) atoms. The predicted octanol–water partition coefficient (Wildman–Crippen LogP) is 1.72. The van der Waals surface area contributed by atoms with Crippen molar-refractivity contribution in [2.75, 3.05) is 26.3 Å². The second kappa shape index (κ2) is 4.77. The molecule has 1 N–H and O–H groups in total. The van der Waals surface area contributed by atoms with Gasteiger partial charge in [-0.15, -0.1) is 0 Å². The van der Waals surface area contributed by atoms with Crippen molar-refractivity contribution >= 4 is 0 Å².